The second-order valence-electron chi connectivity index (χ2n) is 5.46. The highest BCUT2D eigenvalue weighted by Gasteiger charge is 2.23. The van der Waals surface area contributed by atoms with Crippen LogP contribution < -0.4 is 5.32 Å². The summed E-state index contributed by atoms with van der Waals surface area (Å²) in [6.45, 7) is 4.54. The van der Waals surface area contributed by atoms with E-state index in [1.54, 1.807) is 5.69 Å². The van der Waals surface area contributed by atoms with Crippen molar-refractivity contribution in [2.45, 2.75) is 57.9 Å². The maximum absolute atomic E-state index is 4.80. The minimum atomic E-state index is 0.694. The van der Waals surface area contributed by atoms with E-state index in [1.807, 2.05) is 0 Å². The van der Waals surface area contributed by atoms with Crippen molar-refractivity contribution in [3.63, 3.8) is 0 Å². The Labute approximate surface area is 104 Å². The summed E-state index contributed by atoms with van der Waals surface area (Å²) in [5.41, 5.74) is 2.95. The van der Waals surface area contributed by atoms with E-state index >= 15 is 0 Å². The summed E-state index contributed by atoms with van der Waals surface area (Å²) < 4.78 is 2.57. The zero-order valence-corrected chi connectivity index (χ0v) is 10.8. The van der Waals surface area contributed by atoms with Gasteiger partial charge < -0.3 is 9.88 Å². The molecule has 17 heavy (non-hydrogen) atoms. The molecule has 3 nitrogen and oxygen atoms in total. The molecular weight excluding hydrogens is 210 g/mol. The van der Waals surface area contributed by atoms with Crippen LogP contribution in [0.3, 0.4) is 0 Å². The smallest absolute Gasteiger partial charge is 0.106 e. The standard InChI is InChI=1S/C14H23N3/c1-11-16-13-6-2-3-7-14(13)17(11)12-5-4-9-15-10-8-12/h12,15H,2-10H2,1H3. The summed E-state index contributed by atoms with van der Waals surface area (Å²) in [7, 11) is 0. The Balaban J connectivity index is 1.92. The zero-order chi connectivity index (χ0) is 11.7. The van der Waals surface area contributed by atoms with Gasteiger partial charge in [0.15, 0.2) is 0 Å². The van der Waals surface area contributed by atoms with Crippen molar-refractivity contribution in [3.05, 3.63) is 17.2 Å². The molecule has 0 aromatic carbocycles. The lowest BCUT2D eigenvalue weighted by Gasteiger charge is -2.22. The molecule has 2 aliphatic rings. The van der Waals surface area contributed by atoms with Gasteiger partial charge in [0, 0.05) is 11.7 Å². The first kappa shape index (κ1) is 11.3. The molecule has 3 rings (SSSR count). The van der Waals surface area contributed by atoms with E-state index < -0.39 is 0 Å². The van der Waals surface area contributed by atoms with Gasteiger partial charge in [-0.05, 0) is 65.0 Å². The van der Waals surface area contributed by atoms with Crippen molar-refractivity contribution in [3.8, 4) is 0 Å². The van der Waals surface area contributed by atoms with Crippen molar-refractivity contribution < 1.29 is 0 Å². The van der Waals surface area contributed by atoms with E-state index in [0.29, 0.717) is 6.04 Å². The first-order valence-corrected chi connectivity index (χ1v) is 7.13. The molecule has 2 heterocycles. The number of rotatable bonds is 1. The third-order valence-corrected chi connectivity index (χ3v) is 4.26. The third-order valence-electron chi connectivity index (χ3n) is 4.26. The summed E-state index contributed by atoms with van der Waals surface area (Å²) in [5, 5.41) is 3.50. The van der Waals surface area contributed by atoms with Gasteiger partial charge in [-0.3, -0.25) is 0 Å². The average Bonchev–Trinajstić information content (AvgIpc) is 2.53. The van der Waals surface area contributed by atoms with Crippen LogP contribution in [0.15, 0.2) is 0 Å². The molecule has 0 radical (unpaired) electrons. The van der Waals surface area contributed by atoms with Gasteiger partial charge in [0.2, 0.25) is 0 Å². The van der Waals surface area contributed by atoms with Crippen LogP contribution in [0, 0.1) is 6.92 Å². The third kappa shape index (κ3) is 2.13. The quantitative estimate of drug-likeness (QED) is 0.807. The second-order valence-corrected chi connectivity index (χ2v) is 5.46. The average molecular weight is 233 g/mol. The van der Waals surface area contributed by atoms with Gasteiger partial charge in [-0.1, -0.05) is 0 Å². The highest BCUT2D eigenvalue weighted by molar-refractivity contribution is 5.21. The van der Waals surface area contributed by atoms with Gasteiger partial charge in [-0.2, -0.15) is 0 Å². The normalized spacial score (nSPS) is 25.4. The van der Waals surface area contributed by atoms with Crippen LogP contribution in [0.5, 0.6) is 0 Å². The van der Waals surface area contributed by atoms with E-state index in [-0.39, 0.29) is 0 Å². The van der Waals surface area contributed by atoms with Gasteiger partial charge in [-0.25, -0.2) is 4.98 Å². The maximum Gasteiger partial charge on any atom is 0.106 e. The van der Waals surface area contributed by atoms with E-state index in [4.69, 9.17) is 4.98 Å². The first-order chi connectivity index (χ1) is 8.36. The van der Waals surface area contributed by atoms with Crippen molar-refractivity contribution in [2.24, 2.45) is 0 Å². The molecule has 1 aliphatic carbocycles. The predicted octanol–water partition coefficient (Wildman–Crippen LogP) is 2.38. The lowest BCUT2D eigenvalue weighted by Crippen LogP contribution is -2.18. The molecule has 0 amide bonds. The Hall–Kier alpha value is -0.830. The highest BCUT2D eigenvalue weighted by atomic mass is 15.1. The number of nitrogens with zero attached hydrogens (tertiary/aromatic N) is 2. The van der Waals surface area contributed by atoms with E-state index in [0.717, 1.165) is 6.54 Å². The van der Waals surface area contributed by atoms with Crippen molar-refractivity contribution in [2.75, 3.05) is 13.1 Å². The number of hydrogen-bond donors (Lipinski definition) is 1. The van der Waals surface area contributed by atoms with E-state index in [2.05, 4.69) is 16.8 Å². The number of hydrogen-bond acceptors (Lipinski definition) is 2. The molecule has 1 saturated heterocycles. The molecule has 1 N–H and O–H groups in total. The van der Waals surface area contributed by atoms with Crippen molar-refractivity contribution >= 4 is 0 Å². The predicted molar refractivity (Wildman–Crippen MR) is 69.4 cm³/mol. The highest BCUT2D eigenvalue weighted by Crippen LogP contribution is 2.29. The van der Waals surface area contributed by atoms with E-state index in [1.165, 1.54) is 63.0 Å². The van der Waals surface area contributed by atoms with Crippen LogP contribution in [0.1, 0.15) is 55.4 Å². The van der Waals surface area contributed by atoms with Crippen LogP contribution in [-0.4, -0.2) is 22.6 Å². The van der Waals surface area contributed by atoms with Crippen LogP contribution in [0.25, 0.3) is 0 Å². The summed E-state index contributed by atoms with van der Waals surface area (Å²) in [6, 6.07) is 0.694. The van der Waals surface area contributed by atoms with Gasteiger partial charge in [0.05, 0.1) is 5.69 Å². The molecule has 1 unspecified atom stereocenters. The number of fused-ring (bicyclic) bond motifs is 1. The molecular formula is C14H23N3. The van der Waals surface area contributed by atoms with Crippen molar-refractivity contribution in [1.82, 2.24) is 14.9 Å². The Bertz CT molecular complexity index is 386. The molecule has 0 spiro atoms. The Kier molecular flexibility index (Phi) is 3.19. The van der Waals surface area contributed by atoms with Gasteiger partial charge in [-0.15, -0.1) is 0 Å². The Morgan fingerprint density at radius 1 is 1.12 bits per heavy atom. The summed E-state index contributed by atoms with van der Waals surface area (Å²) >= 11 is 0. The maximum atomic E-state index is 4.80. The fraction of sp³-hybridized carbons (Fsp3) is 0.786. The molecule has 1 aromatic rings. The molecule has 1 aromatic heterocycles. The molecule has 1 fully saturated rings. The topological polar surface area (TPSA) is 29.9 Å². The van der Waals surface area contributed by atoms with E-state index in [9.17, 15) is 0 Å². The van der Waals surface area contributed by atoms with Crippen LogP contribution in [-0.2, 0) is 12.8 Å². The van der Waals surface area contributed by atoms with Gasteiger partial charge in [0.1, 0.15) is 5.82 Å². The molecule has 3 heteroatoms. The monoisotopic (exact) mass is 233 g/mol. The number of aryl methyl sites for hydroxylation is 2. The largest absolute Gasteiger partial charge is 0.329 e. The lowest BCUT2D eigenvalue weighted by atomic mass is 10.00. The molecule has 0 saturated carbocycles. The Morgan fingerprint density at radius 3 is 2.94 bits per heavy atom. The minimum Gasteiger partial charge on any atom is -0.329 e. The number of imidazole rings is 1. The van der Waals surface area contributed by atoms with Gasteiger partial charge in [0.25, 0.3) is 0 Å². The summed E-state index contributed by atoms with van der Waals surface area (Å²) in [5.74, 6) is 1.25. The number of nitrogens with one attached hydrogen (secondary N) is 1. The zero-order valence-electron chi connectivity index (χ0n) is 10.8. The number of aromatic nitrogens is 2. The molecule has 1 aliphatic heterocycles. The second kappa shape index (κ2) is 4.81. The molecule has 94 valence electrons. The Morgan fingerprint density at radius 2 is 2.00 bits per heavy atom. The van der Waals surface area contributed by atoms with Crippen LogP contribution in [0.2, 0.25) is 0 Å². The van der Waals surface area contributed by atoms with Crippen LogP contribution >= 0.6 is 0 Å². The lowest BCUT2D eigenvalue weighted by molar-refractivity contribution is 0.427. The van der Waals surface area contributed by atoms with Crippen LogP contribution in [0.4, 0.5) is 0 Å². The van der Waals surface area contributed by atoms with Crippen molar-refractivity contribution in [1.29, 1.82) is 0 Å². The van der Waals surface area contributed by atoms with Gasteiger partial charge >= 0.3 is 0 Å². The fourth-order valence-corrected chi connectivity index (χ4v) is 3.44. The summed E-state index contributed by atoms with van der Waals surface area (Å²) in [6.07, 6.45) is 9.02. The minimum absolute atomic E-state index is 0.694. The molecule has 1 atom stereocenters. The first-order valence-electron chi connectivity index (χ1n) is 7.13. The SMILES string of the molecule is Cc1nc2c(n1C1CCCNCC1)CCCC2. The fourth-order valence-electron chi connectivity index (χ4n) is 3.44. The molecule has 0 bridgehead atoms. The summed E-state index contributed by atoms with van der Waals surface area (Å²) in [4.78, 5) is 4.80.